The van der Waals surface area contributed by atoms with E-state index in [1.54, 1.807) is 23.8 Å². The van der Waals surface area contributed by atoms with E-state index in [2.05, 4.69) is 15.3 Å². The van der Waals surface area contributed by atoms with Gasteiger partial charge in [0.1, 0.15) is 0 Å². The lowest BCUT2D eigenvalue weighted by molar-refractivity contribution is 0.100. The van der Waals surface area contributed by atoms with Crippen LogP contribution in [0.2, 0.25) is 0 Å². The van der Waals surface area contributed by atoms with Crippen molar-refractivity contribution in [2.24, 2.45) is 5.73 Å². The SMILES string of the molecule is NC(=O)c1csc(CNc2ccc3nccnc3c2)c1. The quantitative estimate of drug-likeness (QED) is 0.771. The third-order valence-electron chi connectivity index (χ3n) is 2.87. The third kappa shape index (κ3) is 2.60. The molecule has 1 aromatic carbocycles. The Balaban J connectivity index is 1.74. The standard InChI is InChI=1S/C14H12N4OS/c15-14(19)9-5-11(20-8-9)7-18-10-1-2-12-13(6-10)17-4-3-16-12/h1-6,8,18H,7H2,(H2,15,19). The fourth-order valence-corrected chi connectivity index (χ4v) is 2.68. The van der Waals surface area contributed by atoms with Crippen molar-refractivity contribution in [3.63, 3.8) is 0 Å². The Bertz CT molecular complexity index is 768. The van der Waals surface area contributed by atoms with Crippen LogP contribution in [0.3, 0.4) is 0 Å². The van der Waals surface area contributed by atoms with E-state index in [4.69, 9.17) is 5.73 Å². The van der Waals surface area contributed by atoms with Crippen molar-refractivity contribution in [1.82, 2.24) is 9.97 Å². The fraction of sp³-hybridized carbons (Fsp3) is 0.0714. The highest BCUT2D eigenvalue weighted by molar-refractivity contribution is 7.10. The molecule has 5 nitrogen and oxygen atoms in total. The van der Waals surface area contributed by atoms with Crippen LogP contribution in [0, 0.1) is 0 Å². The summed E-state index contributed by atoms with van der Waals surface area (Å²) in [6.45, 7) is 0.643. The van der Waals surface area contributed by atoms with Crippen LogP contribution in [0.5, 0.6) is 0 Å². The van der Waals surface area contributed by atoms with Crippen molar-refractivity contribution in [1.29, 1.82) is 0 Å². The van der Waals surface area contributed by atoms with Gasteiger partial charge in [-0.3, -0.25) is 14.8 Å². The number of amides is 1. The van der Waals surface area contributed by atoms with Crippen molar-refractivity contribution in [2.45, 2.75) is 6.54 Å². The molecule has 0 spiro atoms. The molecule has 20 heavy (non-hydrogen) atoms. The highest BCUT2D eigenvalue weighted by atomic mass is 32.1. The predicted molar refractivity (Wildman–Crippen MR) is 79.7 cm³/mol. The van der Waals surface area contributed by atoms with Crippen LogP contribution < -0.4 is 11.1 Å². The number of nitrogens with zero attached hydrogens (tertiary/aromatic N) is 2. The molecule has 0 unspecified atom stereocenters. The number of carbonyl (C=O) groups excluding carboxylic acids is 1. The highest BCUT2D eigenvalue weighted by Gasteiger charge is 2.05. The summed E-state index contributed by atoms with van der Waals surface area (Å²) in [5.41, 5.74) is 8.46. The largest absolute Gasteiger partial charge is 0.380 e. The molecule has 0 radical (unpaired) electrons. The molecule has 2 heterocycles. The lowest BCUT2D eigenvalue weighted by atomic mass is 10.2. The molecule has 0 saturated heterocycles. The molecule has 0 aliphatic carbocycles. The van der Waals surface area contributed by atoms with E-state index in [1.165, 1.54) is 11.3 Å². The maximum atomic E-state index is 11.0. The summed E-state index contributed by atoms with van der Waals surface area (Å²) >= 11 is 1.51. The average Bonchev–Trinajstić information content (AvgIpc) is 2.94. The number of aromatic nitrogens is 2. The van der Waals surface area contributed by atoms with E-state index in [-0.39, 0.29) is 0 Å². The summed E-state index contributed by atoms with van der Waals surface area (Å²) in [7, 11) is 0. The number of hydrogen-bond donors (Lipinski definition) is 2. The maximum absolute atomic E-state index is 11.0. The van der Waals surface area contributed by atoms with E-state index in [9.17, 15) is 4.79 Å². The second kappa shape index (κ2) is 5.26. The second-order valence-electron chi connectivity index (χ2n) is 4.28. The lowest BCUT2D eigenvalue weighted by Crippen LogP contribution is -2.09. The van der Waals surface area contributed by atoms with E-state index in [1.807, 2.05) is 18.2 Å². The Morgan fingerprint density at radius 3 is 2.75 bits per heavy atom. The Morgan fingerprint density at radius 1 is 1.20 bits per heavy atom. The van der Waals surface area contributed by atoms with Crippen LogP contribution in [-0.2, 0) is 6.54 Å². The lowest BCUT2D eigenvalue weighted by Gasteiger charge is -2.05. The first-order valence-corrected chi connectivity index (χ1v) is 6.92. The van der Waals surface area contributed by atoms with Gasteiger partial charge in [0.2, 0.25) is 5.91 Å². The van der Waals surface area contributed by atoms with Crippen LogP contribution in [0.4, 0.5) is 5.69 Å². The van der Waals surface area contributed by atoms with Crippen molar-refractivity contribution in [3.05, 3.63) is 52.5 Å². The first-order chi connectivity index (χ1) is 9.72. The van der Waals surface area contributed by atoms with Crippen LogP contribution in [-0.4, -0.2) is 15.9 Å². The number of benzene rings is 1. The number of hydrogen-bond acceptors (Lipinski definition) is 5. The Labute approximate surface area is 119 Å². The minimum absolute atomic E-state index is 0.395. The van der Waals surface area contributed by atoms with E-state index >= 15 is 0 Å². The first kappa shape index (κ1) is 12.6. The van der Waals surface area contributed by atoms with Gasteiger partial charge in [0, 0.05) is 34.9 Å². The number of nitrogens with one attached hydrogen (secondary N) is 1. The highest BCUT2D eigenvalue weighted by Crippen LogP contribution is 2.18. The smallest absolute Gasteiger partial charge is 0.249 e. The predicted octanol–water partition coefficient (Wildman–Crippen LogP) is 2.40. The summed E-state index contributed by atoms with van der Waals surface area (Å²) in [5.74, 6) is -0.395. The molecule has 0 atom stereocenters. The minimum atomic E-state index is -0.395. The first-order valence-electron chi connectivity index (χ1n) is 6.04. The Kier molecular flexibility index (Phi) is 3.30. The zero-order valence-corrected chi connectivity index (χ0v) is 11.4. The number of fused-ring (bicyclic) bond motifs is 1. The van der Waals surface area contributed by atoms with Crippen LogP contribution in [0.25, 0.3) is 11.0 Å². The number of carbonyl (C=O) groups is 1. The molecule has 0 aliphatic heterocycles. The summed E-state index contributed by atoms with van der Waals surface area (Å²) in [4.78, 5) is 20.6. The van der Waals surface area contributed by atoms with Crippen molar-refractivity contribution in [2.75, 3.05) is 5.32 Å². The number of anilines is 1. The normalized spacial score (nSPS) is 10.6. The van der Waals surface area contributed by atoms with Crippen LogP contribution in [0.15, 0.2) is 42.0 Å². The zero-order chi connectivity index (χ0) is 13.9. The molecular formula is C14H12N4OS. The van der Waals surface area contributed by atoms with E-state index in [0.29, 0.717) is 12.1 Å². The molecule has 3 rings (SSSR count). The average molecular weight is 284 g/mol. The summed E-state index contributed by atoms with van der Waals surface area (Å²) in [6, 6.07) is 7.64. The molecule has 2 aromatic heterocycles. The fourth-order valence-electron chi connectivity index (χ4n) is 1.86. The van der Waals surface area contributed by atoms with Crippen molar-refractivity contribution >= 4 is 34.0 Å². The van der Waals surface area contributed by atoms with Gasteiger partial charge in [-0.05, 0) is 24.3 Å². The molecule has 3 aromatic rings. The molecular weight excluding hydrogens is 272 g/mol. The molecule has 0 fully saturated rings. The summed E-state index contributed by atoms with van der Waals surface area (Å²) in [6.07, 6.45) is 3.34. The van der Waals surface area contributed by atoms with E-state index < -0.39 is 5.91 Å². The maximum Gasteiger partial charge on any atom is 0.249 e. The van der Waals surface area contributed by atoms with Gasteiger partial charge < -0.3 is 11.1 Å². The Hall–Kier alpha value is -2.47. The molecule has 1 amide bonds. The number of rotatable bonds is 4. The Morgan fingerprint density at radius 2 is 2.00 bits per heavy atom. The molecule has 100 valence electrons. The molecule has 0 saturated carbocycles. The van der Waals surface area contributed by atoms with Crippen molar-refractivity contribution in [3.8, 4) is 0 Å². The van der Waals surface area contributed by atoms with Crippen LogP contribution >= 0.6 is 11.3 Å². The molecule has 6 heteroatoms. The van der Waals surface area contributed by atoms with Crippen molar-refractivity contribution < 1.29 is 4.79 Å². The van der Waals surface area contributed by atoms with Gasteiger partial charge in [-0.15, -0.1) is 11.3 Å². The van der Waals surface area contributed by atoms with Gasteiger partial charge >= 0.3 is 0 Å². The third-order valence-corrected chi connectivity index (χ3v) is 3.81. The van der Waals surface area contributed by atoms with Gasteiger partial charge in [-0.25, -0.2) is 0 Å². The van der Waals surface area contributed by atoms with Crippen LogP contribution in [0.1, 0.15) is 15.2 Å². The number of nitrogens with two attached hydrogens (primary N) is 1. The summed E-state index contributed by atoms with van der Waals surface area (Å²) < 4.78 is 0. The number of thiophene rings is 1. The van der Waals surface area contributed by atoms with Gasteiger partial charge in [0.25, 0.3) is 0 Å². The second-order valence-corrected chi connectivity index (χ2v) is 5.28. The summed E-state index contributed by atoms with van der Waals surface area (Å²) in [5, 5.41) is 5.06. The van der Waals surface area contributed by atoms with Gasteiger partial charge in [0.15, 0.2) is 0 Å². The zero-order valence-electron chi connectivity index (χ0n) is 10.5. The molecule has 3 N–H and O–H groups in total. The molecule has 0 aliphatic rings. The minimum Gasteiger partial charge on any atom is -0.380 e. The topological polar surface area (TPSA) is 80.9 Å². The van der Waals surface area contributed by atoms with Gasteiger partial charge in [-0.1, -0.05) is 0 Å². The molecule has 0 bridgehead atoms. The number of primary amides is 1. The monoisotopic (exact) mass is 284 g/mol. The van der Waals surface area contributed by atoms with E-state index in [0.717, 1.165) is 21.6 Å². The van der Waals surface area contributed by atoms with Gasteiger partial charge in [-0.2, -0.15) is 0 Å². The van der Waals surface area contributed by atoms with Gasteiger partial charge in [0.05, 0.1) is 16.6 Å².